The molecule has 0 saturated carbocycles. The Morgan fingerprint density at radius 1 is 1.32 bits per heavy atom. The van der Waals surface area contributed by atoms with Gasteiger partial charge >= 0.3 is 5.97 Å². The standard InChI is InChI=1S/C15H17N3O3S/c1-9(15(20)21)17-14(19)11-3-5-12(6-4-11)16-7-13-8-22-10(2)18-13/h3-6,8-9,16H,7H2,1-2H3,(H,17,19)(H,20,21). The fraction of sp³-hybridized carbons (Fsp3) is 0.267. The van der Waals surface area contributed by atoms with Gasteiger partial charge in [0.05, 0.1) is 17.2 Å². The first-order chi connectivity index (χ1) is 10.5. The number of anilines is 1. The second-order valence-electron chi connectivity index (χ2n) is 4.82. The number of aromatic nitrogens is 1. The Bertz CT molecular complexity index is 667. The van der Waals surface area contributed by atoms with Gasteiger partial charge in [0, 0.05) is 16.6 Å². The van der Waals surface area contributed by atoms with Gasteiger partial charge in [-0.25, -0.2) is 4.98 Å². The molecule has 2 aromatic rings. The zero-order valence-electron chi connectivity index (χ0n) is 12.3. The number of benzene rings is 1. The van der Waals surface area contributed by atoms with Gasteiger partial charge in [-0.15, -0.1) is 11.3 Å². The third kappa shape index (κ3) is 4.29. The lowest BCUT2D eigenvalue weighted by Gasteiger charge is -2.10. The number of rotatable bonds is 6. The minimum absolute atomic E-state index is 0.406. The SMILES string of the molecule is Cc1nc(CNc2ccc(C(=O)NC(C)C(=O)O)cc2)cs1. The molecule has 3 N–H and O–H groups in total. The highest BCUT2D eigenvalue weighted by molar-refractivity contribution is 7.09. The molecule has 1 unspecified atom stereocenters. The van der Waals surface area contributed by atoms with E-state index in [-0.39, 0.29) is 0 Å². The molecule has 1 atom stereocenters. The summed E-state index contributed by atoms with van der Waals surface area (Å²) in [6, 6.07) is 5.94. The first-order valence-corrected chi connectivity index (χ1v) is 7.62. The molecule has 0 aliphatic carbocycles. The first-order valence-electron chi connectivity index (χ1n) is 6.74. The molecule has 0 aliphatic heterocycles. The highest BCUT2D eigenvalue weighted by atomic mass is 32.1. The highest BCUT2D eigenvalue weighted by Crippen LogP contribution is 2.13. The Labute approximate surface area is 132 Å². The average Bonchev–Trinajstić information content (AvgIpc) is 2.91. The largest absolute Gasteiger partial charge is 0.480 e. The van der Waals surface area contributed by atoms with E-state index in [9.17, 15) is 9.59 Å². The van der Waals surface area contributed by atoms with Gasteiger partial charge in [-0.2, -0.15) is 0 Å². The van der Waals surface area contributed by atoms with Crippen molar-refractivity contribution in [3.63, 3.8) is 0 Å². The minimum atomic E-state index is -1.06. The summed E-state index contributed by atoms with van der Waals surface area (Å²) in [7, 11) is 0. The number of carboxylic acids is 1. The molecule has 0 saturated heterocycles. The lowest BCUT2D eigenvalue weighted by Crippen LogP contribution is -2.38. The van der Waals surface area contributed by atoms with Crippen LogP contribution in [-0.2, 0) is 11.3 Å². The molecule has 116 valence electrons. The number of hydrogen-bond acceptors (Lipinski definition) is 5. The third-order valence-electron chi connectivity index (χ3n) is 3.01. The molecule has 0 fully saturated rings. The van der Waals surface area contributed by atoms with Crippen LogP contribution in [0, 0.1) is 6.92 Å². The lowest BCUT2D eigenvalue weighted by atomic mass is 10.2. The van der Waals surface area contributed by atoms with E-state index in [0.717, 1.165) is 16.4 Å². The van der Waals surface area contributed by atoms with Crippen LogP contribution in [0.2, 0.25) is 0 Å². The van der Waals surface area contributed by atoms with Crippen molar-refractivity contribution in [2.45, 2.75) is 26.4 Å². The van der Waals surface area contributed by atoms with Crippen LogP contribution in [0.3, 0.4) is 0 Å². The van der Waals surface area contributed by atoms with E-state index < -0.39 is 17.9 Å². The van der Waals surface area contributed by atoms with Crippen LogP contribution in [-0.4, -0.2) is 28.0 Å². The summed E-state index contributed by atoms with van der Waals surface area (Å²) < 4.78 is 0. The van der Waals surface area contributed by atoms with E-state index >= 15 is 0 Å². The Kier molecular flexibility index (Phi) is 5.11. The van der Waals surface area contributed by atoms with Crippen LogP contribution in [0.5, 0.6) is 0 Å². The van der Waals surface area contributed by atoms with Crippen LogP contribution in [0.4, 0.5) is 5.69 Å². The summed E-state index contributed by atoms with van der Waals surface area (Å²) in [5.74, 6) is -1.47. The number of thiazole rings is 1. The smallest absolute Gasteiger partial charge is 0.325 e. The van der Waals surface area contributed by atoms with Gasteiger partial charge in [-0.1, -0.05) is 0 Å². The van der Waals surface area contributed by atoms with Gasteiger partial charge in [-0.3, -0.25) is 9.59 Å². The Morgan fingerprint density at radius 3 is 2.55 bits per heavy atom. The molecule has 2 rings (SSSR count). The number of carboxylic acid groups (broad SMARTS) is 1. The number of aliphatic carboxylic acids is 1. The van der Waals surface area contributed by atoms with Gasteiger partial charge in [0.15, 0.2) is 0 Å². The second kappa shape index (κ2) is 7.04. The van der Waals surface area contributed by atoms with Crippen LogP contribution in [0.25, 0.3) is 0 Å². The summed E-state index contributed by atoms with van der Waals surface area (Å²) in [5.41, 5.74) is 2.26. The monoisotopic (exact) mass is 319 g/mol. The number of nitrogens with one attached hydrogen (secondary N) is 2. The van der Waals surface area contributed by atoms with Crippen molar-refractivity contribution >= 4 is 28.9 Å². The Balaban J connectivity index is 1.92. The highest BCUT2D eigenvalue weighted by Gasteiger charge is 2.14. The van der Waals surface area contributed by atoms with Gasteiger partial charge < -0.3 is 15.7 Å². The van der Waals surface area contributed by atoms with E-state index in [4.69, 9.17) is 5.11 Å². The summed E-state index contributed by atoms with van der Waals surface area (Å²) in [6.07, 6.45) is 0. The second-order valence-corrected chi connectivity index (χ2v) is 5.88. The quantitative estimate of drug-likeness (QED) is 0.760. The maximum absolute atomic E-state index is 11.8. The molecule has 7 heteroatoms. The van der Waals surface area contributed by atoms with Crippen molar-refractivity contribution in [1.29, 1.82) is 0 Å². The van der Waals surface area contributed by atoms with Gasteiger partial charge in [0.1, 0.15) is 6.04 Å². The maximum Gasteiger partial charge on any atom is 0.325 e. The summed E-state index contributed by atoms with van der Waals surface area (Å²) >= 11 is 1.60. The molecule has 1 aromatic carbocycles. The van der Waals surface area contributed by atoms with E-state index in [2.05, 4.69) is 15.6 Å². The zero-order chi connectivity index (χ0) is 16.1. The molecule has 6 nitrogen and oxygen atoms in total. The molecule has 0 spiro atoms. The summed E-state index contributed by atoms with van der Waals surface area (Å²) in [4.78, 5) is 26.9. The van der Waals surface area contributed by atoms with E-state index in [1.54, 1.807) is 35.6 Å². The molecule has 22 heavy (non-hydrogen) atoms. The third-order valence-corrected chi connectivity index (χ3v) is 3.83. The predicted octanol–water partition coefficient (Wildman–Crippen LogP) is 2.27. The van der Waals surface area contributed by atoms with E-state index in [1.807, 2.05) is 12.3 Å². The van der Waals surface area contributed by atoms with Crippen LogP contribution in [0.1, 0.15) is 28.0 Å². The lowest BCUT2D eigenvalue weighted by molar-refractivity contribution is -0.138. The molecular weight excluding hydrogens is 302 g/mol. The topological polar surface area (TPSA) is 91.3 Å². The normalized spacial score (nSPS) is 11.7. The van der Waals surface area contributed by atoms with Crippen LogP contribution < -0.4 is 10.6 Å². The number of aryl methyl sites for hydroxylation is 1. The number of carbonyl (C=O) groups is 2. The van der Waals surface area contributed by atoms with Crippen LogP contribution >= 0.6 is 11.3 Å². The number of carbonyl (C=O) groups excluding carboxylic acids is 1. The molecule has 1 heterocycles. The van der Waals surface area contributed by atoms with Crippen molar-refractivity contribution in [1.82, 2.24) is 10.3 Å². The molecule has 0 aliphatic rings. The molecule has 0 bridgehead atoms. The van der Waals surface area contributed by atoms with E-state index in [1.165, 1.54) is 6.92 Å². The average molecular weight is 319 g/mol. The van der Waals surface area contributed by atoms with Crippen LogP contribution in [0.15, 0.2) is 29.6 Å². The predicted molar refractivity (Wildman–Crippen MR) is 85.2 cm³/mol. The fourth-order valence-electron chi connectivity index (χ4n) is 1.76. The Morgan fingerprint density at radius 2 is 2.00 bits per heavy atom. The van der Waals surface area contributed by atoms with Gasteiger partial charge in [0.2, 0.25) is 0 Å². The van der Waals surface area contributed by atoms with Crippen molar-refractivity contribution in [2.24, 2.45) is 0 Å². The van der Waals surface area contributed by atoms with Crippen molar-refractivity contribution in [3.8, 4) is 0 Å². The number of nitrogens with zero attached hydrogens (tertiary/aromatic N) is 1. The molecule has 1 amide bonds. The molecular formula is C15H17N3O3S. The molecule has 1 aromatic heterocycles. The fourth-order valence-corrected chi connectivity index (χ4v) is 2.38. The maximum atomic E-state index is 11.8. The zero-order valence-corrected chi connectivity index (χ0v) is 13.1. The van der Waals surface area contributed by atoms with Crippen molar-refractivity contribution < 1.29 is 14.7 Å². The van der Waals surface area contributed by atoms with Crippen molar-refractivity contribution in [3.05, 3.63) is 45.9 Å². The summed E-state index contributed by atoms with van der Waals surface area (Å²) in [6.45, 7) is 4.00. The Hall–Kier alpha value is -2.41. The minimum Gasteiger partial charge on any atom is -0.480 e. The number of amides is 1. The first kappa shape index (κ1) is 16.0. The summed E-state index contributed by atoms with van der Waals surface area (Å²) in [5, 5.41) is 17.4. The number of hydrogen-bond donors (Lipinski definition) is 3. The molecule has 0 radical (unpaired) electrons. The van der Waals surface area contributed by atoms with Gasteiger partial charge in [-0.05, 0) is 38.1 Å². The van der Waals surface area contributed by atoms with Gasteiger partial charge in [0.25, 0.3) is 5.91 Å². The van der Waals surface area contributed by atoms with E-state index in [0.29, 0.717) is 12.1 Å². The van der Waals surface area contributed by atoms with Crippen molar-refractivity contribution in [2.75, 3.05) is 5.32 Å².